The summed E-state index contributed by atoms with van der Waals surface area (Å²) in [7, 11) is -1.74. The number of thioether (sulfide) groups is 1. The lowest BCUT2D eigenvalue weighted by Crippen LogP contribution is -2.50. The Hall–Kier alpha value is -0.293. The van der Waals surface area contributed by atoms with Crippen LogP contribution in [0.15, 0.2) is 29.2 Å². The molecule has 0 aromatic heterocycles. The van der Waals surface area contributed by atoms with Crippen LogP contribution in [-0.2, 0) is 10.0 Å². The normalized spacial score (nSPS) is 30.2. The molecule has 1 aromatic rings. The van der Waals surface area contributed by atoms with Crippen LogP contribution in [0.25, 0.3) is 0 Å². The highest BCUT2D eigenvalue weighted by molar-refractivity contribution is 7.99. The monoisotopic (exact) mass is 476 g/mol. The van der Waals surface area contributed by atoms with E-state index < -0.39 is 13.9 Å². The van der Waals surface area contributed by atoms with Crippen molar-refractivity contribution in [3.05, 3.63) is 29.8 Å². The second-order valence-electron chi connectivity index (χ2n) is 13.0. The molecular weight excluding hydrogens is 428 g/mol. The van der Waals surface area contributed by atoms with Gasteiger partial charge in [0.15, 0.2) is 8.32 Å². The number of hydrogen-bond donors (Lipinski definition) is 1. The maximum absolute atomic E-state index is 10.4. The molecule has 2 aliphatic rings. The Morgan fingerprint density at radius 2 is 1.84 bits per heavy atom. The molecule has 0 aliphatic heterocycles. The first kappa shape index (κ1) is 26.3. The van der Waals surface area contributed by atoms with E-state index in [1.807, 2.05) is 31.7 Å². The molecule has 0 radical (unpaired) electrons. The van der Waals surface area contributed by atoms with Crippen LogP contribution in [0.3, 0.4) is 0 Å². The Morgan fingerprint density at radius 3 is 2.47 bits per heavy atom. The van der Waals surface area contributed by atoms with E-state index in [4.69, 9.17) is 4.43 Å². The molecule has 1 aromatic carbocycles. The smallest absolute Gasteiger partial charge is 0.192 e. The number of fused-ring (bicyclic) bond motifs is 1. The van der Waals surface area contributed by atoms with Gasteiger partial charge in [-0.1, -0.05) is 53.2 Å². The van der Waals surface area contributed by atoms with E-state index in [1.54, 1.807) is 0 Å². The average Bonchev–Trinajstić information content (AvgIpc) is 3.02. The van der Waals surface area contributed by atoms with Gasteiger partial charge in [-0.25, -0.2) is 0 Å². The summed E-state index contributed by atoms with van der Waals surface area (Å²) in [5, 5.41) is 10.6. The minimum absolute atomic E-state index is 0.278. The van der Waals surface area contributed by atoms with E-state index >= 15 is 0 Å². The van der Waals surface area contributed by atoms with Crippen molar-refractivity contribution >= 4 is 20.1 Å². The van der Waals surface area contributed by atoms with Gasteiger partial charge >= 0.3 is 0 Å². The van der Waals surface area contributed by atoms with Crippen molar-refractivity contribution in [3.63, 3.8) is 0 Å². The van der Waals surface area contributed by atoms with E-state index in [0.717, 1.165) is 23.2 Å². The van der Waals surface area contributed by atoms with Crippen LogP contribution in [0.1, 0.15) is 86.1 Å². The molecule has 0 saturated heterocycles. The molecule has 1 N–H and O–H groups in total. The molecule has 0 spiro atoms. The van der Waals surface area contributed by atoms with E-state index in [9.17, 15) is 5.11 Å². The number of aliphatic hydroxyl groups is 1. The number of hydrogen-bond acceptors (Lipinski definition) is 3. The van der Waals surface area contributed by atoms with Crippen LogP contribution >= 0.6 is 11.8 Å². The lowest BCUT2D eigenvalue weighted by Gasteiger charge is -2.50. The van der Waals surface area contributed by atoms with Crippen molar-refractivity contribution in [1.82, 2.24) is 0 Å². The molecule has 2 aliphatic carbocycles. The van der Waals surface area contributed by atoms with Gasteiger partial charge in [-0.05, 0) is 98.5 Å². The van der Waals surface area contributed by atoms with E-state index in [2.05, 4.69) is 65.9 Å². The summed E-state index contributed by atoms with van der Waals surface area (Å²) < 4.78 is 7.03. The molecule has 0 amide bonds. The minimum atomic E-state index is -1.74. The second kappa shape index (κ2) is 9.39. The second-order valence-corrected chi connectivity index (χ2v) is 18.8. The van der Waals surface area contributed by atoms with Crippen LogP contribution < -0.4 is 0 Å². The molecular formula is C28H48O2SSi. The zero-order chi connectivity index (χ0) is 23.9. The molecule has 2 saturated carbocycles. The SMILES string of the molecule is C[C@@H](CSc1cccc(C(C)(C)O)c1)[C@H]1CC[C@H]2[C@@H](O[Si](C)(C)C(C)(C)C)CCC[C@]12C. The molecule has 2 fully saturated rings. The molecule has 2 nitrogen and oxygen atoms in total. The van der Waals surface area contributed by atoms with Crippen LogP contribution in [0.5, 0.6) is 0 Å². The third-order valence-corrected chi connectivity index (χ3v) is 14.9. The van der Waals surface area contributed by atoms with Gasteiger partial charge in [0.05, 0.1) is 5.60 Å². The Bertz CT molecular complexity index is 778. The topological polar surface area (TPSA) is 29.5 Å². The minimum Gasteiger partial charge on any atom is -0.414 e. The van der Waals surface area contributed by atoms with Crippen molar-refractivity contribution in [2.75, 3.05) is 5.75 Å². The Morgan fingerprint density at radius 1 is 1.16 bits per heavy atom. The molecule has 0 bridgehead atoms. The first-order valence-corrected chi connectivity index (χ1v) is 16.7. The van der Waals surface area contributed by atoms with Crippen molar-refractivity contribution in [1.29, 1.82) is 0 Å². The fourth-order valence-corrected chi connectivity index (χ4v) is 8.57. The lowest BCUT2D eigenvalue weighted by atomic mass is 9.62. The van der Waals surface area contributed by atoms with Gasteiger partial charge in [-0.3, -0.25) is 0 Å². The highest BCUT2D eigenvalue weighted by atomic mass is 32.2. The van der Waals surface area contributed by atoms with E-state index in [-0.39, 0.29) is 5.04 Å². The summed E-state index contributed by atoms with van der Waals surface area (Å²) in [5.74, 6) is 3.34. The maximum atomic E-state index is 10.4. The highest BCUT2D eigenvalue weighted by Gasteiger charge is 2.54. The van der Waals surface area contributed by atoms with Gasteiger partial charge in [-0.2, -0.15) is 0 Å². The largest absolute Gasteiger partial charge is 0.414 e. The first-order valence-electron chi connectivity index (χ1n) is 12.8. The summed E-state index contributed by atoms with van der Waals surface area (Å²) in [5.41, 5.74) is 0.636. The van der Waals surface area contributed by atoms with Crippen molar-refractivity contribution in [2.24, 2.45) is 23.2 Å². The Balaban J connectivity index is 1.67. The van der Waals surface area contributed by atoms with Gasteiger partial charge in [0.1, 0.15) is 0 Å². The summed E-state index contributed by atoms with van der Waals surface area (Å²) in [6.45, 7) is 20.7. The highest BCUT2D eigenvalue weighted by Crippen LogP contribution is 2.59. The van der Waals surface area contributed by atoms with Crippen LogP contribution in [0, 0.1) is 23.2 Å². The molecule has 5 atom stereocenters. The molecule has 3 rings (SSSR count). The van der Waals surface area contributed by atoms with Gasteiger partial charge in [0.2, 0.25) is 0 Å². The summed E-state index contributed by atoms with van der Waals surface area (Å²) in [6, 6.07) is 8.47. The quantitative estimate of drug-likeness (QED) is 0.317. The zero-order valence-corrected chi connectivity index (χ0v) is 23.9. The summed E-state index contributed by atoms with van der Waals surface area (Å²) in [4.78, 5) is 1.28. The number of rotatable bonds is 7. The first-order chi connectivity index (χ1) is 14.6. The van der Waals surface area contributed by atoms with Crippen molar-refractivity contribution < 1.29 is 9.53 Å². The Kier molecular flexibility index (Phi) is 7.73. The fraction of sp³-hybridized carbons (Fsp3) is 0.786. The number of benzene rings is 1. The van der Waals surface area contributed by atoms with Gasteiger partial charge in [0, 0.05) is 16.8 Å². The maximum Gasteiger partial charge on any atom is 0.192 e. The van der Waals surface area contributed by atoms with Gasteiger partial charge in [-0.15, -0.1) is 11.8 Å². The van der Waals surface area contributed by atoms with Crippen LogP contribution in [-0.4, -0.2) is 25.3 Å². The van der Waals surface area contributed by atoms with E-state index in [0.29, 0.717) is 17.4 Å². The predicted octanol–water partition coefficient (Wildman–Crippen LogP) is 8.25. The van der Waals surface area contributed by atoms with Gasteiger partial charge < -0.3 is 9.53 Å². The van der Waals surface area contributed by atoms with Crippen LogP contribution in [0.4, 0.5) is 0 Å². The molecule has 32 heavy (non-hydrogen) atoms. The standard InChI is InChI=1S/C28H48O2SSi/c1-20(19-31-22-13-10-12-21(18-22)27(5,6)29)23-15-16-24-25(14-11-17-28(23,24)7)30-32(8,9)26(2,3)4/h10,12-13,18,20,23-25,29H,11,14-17,19H2,1-9H3/t20-,23+,24-,25-,28+/m0/s1. The molecule has 182 valence electrons. The van der Waals surface area contributed by atoms with Gasteiger partial charge in [0.25, 0.3) is 0 Å². The third-order valence-electron chi connectivity index (χ3n) is 9.13. The molecule has 0 heterocycles. The van der Waals surface area contributed by atoms with Crippen LogP contribution in [0.2, 0.25) is 18.1 Å². The van der Waals surface area contributed by atoms with E-state index in [1.165, 1.54) is 37.0 Å². The average molecular weight is 477 g/mol. The molecule has 0 unspecified atom stereocenters. The summed E-state index contributed by atoms with van der Waals surface area (Å²) in [6.07, 6.45) is 7.09. The van der Waals surface area contributed by atoms with Crippen molar-refractivity contribution in [3.8, 4) is 0 Å². The fourth-order valence-electron chi connectivity index (χ4n) is 6.10. The molecule has 4 heteroatoms. The van der Waals surface area contributed by atoms with Crippen molar-refractivity contribution in [2.45, 2.75) is 115 Å². The predicted molar refractivity (Wildman–Crippen MR) is 142 cm³/mol. The zero-order valence-electron chi connectivity index (χ0n) is 22.1. The third kappa shape index (κ3) is 5.50. The Labute approximate surface area is 203 Å². The summed E-state index contributed by atoms with van der Waals surface area (Å²) >= 11 is 1.96. The lowest BCUT2D eigenvalue weighted by molar-refractivity contribution is -0.0181.